The van der Waals surface area contributed by atoms with Gasteiger partial charge in [0.05, 0.1) is 10.7 Å². The second kappa shape index (κ2) is 4.85. The van der Waals surface area contributed by atoms with E-state index in [0.717, 1.165) is 0 Å². The molecule has 4 N–H and O–H groups in total. The Hall–Kier alpha value is -2.14. The van der Waals surface area contributed by atoms with E-state index >= 15 is 0 Å². The number of nitrogens with two attached hydrogens (primary N) is 2. The molecule has 19 heavy (non-hydrogen) atoms. The standard InChI is InChI=1S/C13H9ClF2N2O/c14-10-8(5-9(17)11(15)12(10)16)6-3-1-2-4-7(6)13(18)19/h1-5H,17H2,(H2,18,19). The maximum absolute atomic E-state index is 13.6. The Morgan fingerprint density at radius 1 is 1.11 bits per heavy atom. The fourth-order valence-electron chi connectivity index (χ4n) is 1.75. The molecule has 0 saturated carbocycles. The van der Waals surface area contributed by atoms with Gasteiger partial charge in [0.2, 0.25) is 5.91 Å². The molecule has 0 aromatic heterocycles. The highest BCUT2D eigenvalue weighted by atomic mass is 35.5. The summed E-state index contributed by atoms with van der Waals surface area (Å²) in [6.45, 7) is 0. The van der Waals surface area contributed by atoms with E-state index in [1.807, 2.05) is 0 Å². The third-order valence-corrected chi connectivity index (χ3v) is 3.03. The molecule has 2 rings (SSSR count). The summed E-state index contributed by atoms with van der Waals surface area (Å²) in [6.07, 6.45) is 0. The lowest BCUT2D eigenvalue weighted by atomic mass is 9.98. The lowest BCUT2D eigenvalue weighted by Crippen LogP contribution is -2.12. The van der Waals surface area contributed by atoms with Gasteiger partial charge in [-0.2, -0.15) is 0 Å². The number of rotatable bonds is 2. The predicted octanol–water partition coefficient (Wildman–Crippen LogP) is 2.97. The van der Waals surface area contributed by atoms with Crippen LogP contribution in [0.5, 0.6) is 0 Å². The Labute approximate surface area is 112 Å². The number of halogens is 3. The second-order valence-electron chi connectivity index (χ2n) is 3.87. The summed E-state index contributed by atoms with van der Waals surface area (Å²) >= 11 is 5.76. The number of carbonyl (C=O) groups excluding carboxylic acids is 1. The van der Waals surface area contributed by atoms with E-state index in [9.17, 15) is 13.6 Å². The second-order valence-corrected chi connectivity index (χ2v) is 4.24. The minimum absolute atomic E-state index is 0.118. The molecule has 0 unspecified atom stereocenters. The summed E-state index contributed by atoms with van der Waals surface area (Å²) in [5.41, 5.74) is 10.8. The van der Waals surface area contributed by atoms with Crippen LogP contribution in [0.2, 0.25) is 5.02 Å². The van der Waals surface area contributed by atoms with Crippen LogP contribution >= 0.6 is 11.6 Å². The Bertz CT molecular complexity index is 674. The Kier molecular flexibility index (Phi) is 3.40. The number of nitrogen functional groups attached to an aromatic ring is 1. The normalized spacial score (nSPS) is 10.5. The van der Waals surface area contributed by atoms with Crippen LogP contribution in [-0.4, -0.2) is 5.91 Å². The molecule has 0 radical (unpaired) electrons. The van der Waals surface area contributed by atoms with E-state index in [1.54, 1.807) is 12.1 Å². The van der Waals surface area contributed by atoms with Crippen molar-refractivity contribution in [3.63, 3.8) is 0 Å². The van der Waals surface area contributed by atoms with Crippen molar-refractivity contribution in [2.24, 2.45) is 5.73 Å². The van der Waals surface area contributed by atoms with Crippen molar-refractivity contribution >= 4 is 23.2 Å². The fraction of sp³-hybridized carbons (Fsp3) is 0. The Balaban J connectivity index is 2.77. The molecular formula is C13H9ClF2N2O. The van der Waals surface area contributed by atoms with Gasteiger partial charge in [0.15, 0.2) is 11.6 Å². The van der Waals surface area contributed by atoms with Crippen LogP contribution in [0.25, 0.3) is 11.1 Å². The van der Waals surface area contributed by atoms with Crippen LogP contribution in [0.4, 0.5) is 14.5 Å². The number of primary amides is 1. The molecule has 0 saturated heterocycles. The zero-order valence-corrected chi connectivity index (χ0v) is 10.3. The van der Waals surface area contributed by atoms with Gasteiger partial charge in [0.25, 0.3) is 0 Å². The minimum atomic E-state index is -1.25. The Morgan fingerprint density at radius 2 is 1.74 bits per heavy atom. The van der Waals surface area contributed by atoms with Gasteiger partial charge in [-0.25, -0.2) is 8.78 Å². The average molecular weight is 283 g/mol. The first-order valence-corrected chi connectivity index (χ1v) is 5.63. The number of anilines is 1. The van der Waals surface area contributed by atoms with E-state index in [4.69, 9.17) is 23.1 Å². The molecule has 1 amide bonds. The molecule has 3 nitrogen and oxygen atoms in total. The topological polar surface area (TPSA) is 69.1 Å². The molecule has 98 valence electrons. The van der Waals surface area contributed by atoms with Crippen LogP contribution in [0.3, 0.4) is 0 Å². The quantitative estimate of drug-likeness (QED) is 0.657. The number of benzene rings is 2. The number of amides is 1. The zero-order valence-electron chi connectivity index (χ0n) is 9.58. The van der Waals surface area contributed by atoms with Crippen molar-refractivity contribution in [1.29, 1.82) is 0 Å². The smallest absolute Gasteiger partial charge is 0.249 e. The summed E-state index contributed by atoms with van der Waals surface area (Å²) in [6, 6.07) is 7.38. The molecule has 0 aliphatic heterocycles. The molecule has 6 heteroatoms. The highest BCUT2D eigenvalue weighted by molar-refractivity contribution is 6.33. The van der Waals surface area contributed by atoms with Gasteiger partial charge in [0.1, 0.15) is 0 Å². The maximum atomic E-state index is 13.6. The first kappa shape index (κ1) is 13.3. The van der Waals surface area contributed by atoms with E-state index in [-0.39, 0.29) is 11.1 Å². The van der Waals surface area contributed by atoms with Crippen LogP contribution in [0.15, 0.2) is 30.3 Å². The van der Waals surface area contributed by atoms with Gasteiger partial charge >= 0.3 is 0 Å². The third kappa shape index (κ3) is 2.24. The summed E-state index contributed by atoms with van der Waals surface area (Å²) in [7, 11) is 0. The monoisotopic (exact) mass is 282 g/mol. The van der Waals surface area contributed by atoms with E-state index in [2.05, 4.69) is 0 Å². The summed E-state index contributed by atoms with van der Waals surface area (Å²) in [5.74, 6) is -3.17. The average Bonchev–Trinajstić information content (AvgIpc) is 2.40. The third-order valence-electron chi connectivity index (χ3n) is 2.66. The molecule has 0 spiro atoms. The van der Waals surface area contributed by atoms with Crippen molar-refractivity contribution in [2.45, 2.75) is 0 Å². The first-order chi connectivity index (χ1) is 8.93. The van der Waals surface area contributed by atoms with Gasteiger partial charge in [-0.3, -0.25) is 4.79 Å². The van der Waals surface area contributed by atoms with Crippen molar-refractivity contribution in [3.8, 4) is 11.1 Å². The SMILES string of the molecule is NC(=O)c1ccccc1-c1cc(N)c(F)c(F)c1Cl. The Morgan fingerprint density at radius 3 is 2.37 bits per heavy atom. The van der Waals surface area contributed by atoms with Crippen molar-refractivity contribution in [1.82, 2.24) is 0 Å². The number of hydrogen-bond donors (Lipinski definition) is 2. The summed E-state index contributed by atoms with van der Waals surface area (Å²) < 4.78 is 26.8. The largest absolute Gasteiger partial charge is 0.396 e. The van der Waals surface area contributed by atoms with Gasteiger partial charge in [0, 0.05) is 11.1 Å². The molecule has 0 fully saturated rings. The number of hydrogen-bond acceptors (Lipinski definition) is 2. The predicted molar refractivity (Wildman–Crippen MR) is 69.7 cm³/mol. The highest BCUT2D eigenvalue weighted by Gasteiger charge is 2.19. The molecule has 2 aromatic rings. The van der Waals surface area contributed by atoms with Gasteiger partial charge in [-0.05, 0) is 17.7 Å². The summed E-state index contributed by atoms with van der Waals surface area (Å²) in [4.78, 5) is 11.3. The van der Waals surface area contributed by atoms with E-state index in [1.165, 1.54) is 18.2 Å². The van der Waals surface area contributed by atoms with Gasteiger partial charge < -0.3 is 11.5 Å². The van der Waals surface area contributed by atoms with Crippen LogP contribution in [0.1, 0.15) is 10.4 Å². The molecule has 2 aromatic carbocycles. The molecule has 0 heterocycles. The summed E-state index contributed by atoms with van der Waals surface area (Å²) in [5, 5.41) is -0.444. The van der Waals surface area contributed by atoms with Crippen molar-refractivity contribution < 1.29 is 13.6 Å². The lowest BCUT2D eigenvalue weighted by Gasteiger charge is -2.11. The molecule has 0 atom stereocenters. The first-order valence-electron chi connectivity index (χ1n) is 5.25. The van der Waals surface area contributed by atoms with E-state index in [0.29, 0.717) is 5.56 Å². The minimum Gasteiger partial charge on any atom is -0.396 e. The maximum Gasteiger partial charge on any atom is 0.249 e. The van der Waals surface area contributed by atoms with Crippen molar-refractivity contribution in [2.75, 3.05) is 5.73 Å². The lowest BCUT2D eigenvalue weighted by molar-refractivity contribution is 0.100. The fourth-order valence-corrected chi connectivity index (χ4v) is 1.99. The number of carbonyl (C=O) groups is 1. The highest BCUT2D eigenvalue weighted by Crippen LogP contribution is 2.35. The van der Waals surface area contributed by atoms with Crippen LogP contribution < -0.4 is 11.5 Å². The van der Waals surface area contributed by atoms with E-state index < -0.39 is 28.3 Å². The molecular weight excluding hydrogens is 274 g/mol. The molecule has 0 bridgehead atoms. The van der Waals surface area contributed by atoms with Crippen LogP contribution in [-0.2, 0) is 0 Å². The van der Waals surface area contributed by atoms with Crippen molar-refractivity contribution in [3.05, 3.63) is 52.6 Å². The van der Waals surface area contributed by atoms with Crippen LogP contribution in [0, 0.1) is 11.6 Å². The van der Waals surface area contributed by atoms with Gasteiger partial charge in [-0.1, -0.05) is 29.8 Å². The zero-order chi connectivity index (χ0) is 14.2. The molecule has 0 aliphatic carbocycles. The molecule has 0 aliphatic rings. The van der Waals surface area contributed by atoms with Gasteiger partial charge in [-0.15, -0.1) is 0 Å².